The van der Waals surface area contributed by atoms with E-state index in [4.69, 9.17) is 4.74 Å². The van der Waals surface area contributed by atoms with Crippen molar-refractivity contribution in [3.05, 3.63) is 40.3 Å². The number of aliphatic imine (C=N–C) groups is 1. The van der Waals surface area contributed by atoms with Gasteiger partial charge in [-0.3, -0.25) is 4.99 Å². The molecule has 2 aromatic rings. The van der Waals surface area contributed by atoms with Gasteiger partial charge < -0.3 is 19.9 Å². The number of nitrogens with one attached hydrogen (secondary N) is 1. The number of para-hydroxylation sites is 2. The number of piperazine rings is 1. The molecule has 0 amide bonds. The Bertz CT molecular complexity index is 728. The van der Waals surface area contributed by atoms with Gasteiger partial charge in [-0.1, -0.05) is 12.1 Å². The third-order valence-electron chi connectivity index (χ3n) is 4.47. The zero-order valence-corrected chi connectivity index (χ0v) is 18.6. The van der Waals surface area contributed by atoms with Gasteiger partial charge in [0, 0.05) is 38.1 Å². The monoisotopic (exact) mass is 487 g/mol. The first-order valence-electron chi connectivity index (χ1n) is 8.45. The maximum atomic E-state index is 5.49. The van der Waals surface area contributed by atoms with E-state index in [-0.39, 0.29) is 24.0 Å². The predicted octanol–water partition coefficient (Wildman–Crippen LogP) is 2.98. The van der Waals surface area contributed by atoms with E-state index in [9.17, 15) is 0 Å². The standard InChI is InChI=1S/C18H25N5OS.HI/c1-14-17(25-13-21-14)12-20-18(19-2)23-10-8-22(9-11-23)15-6-4-5-7-16(15)24-3;/h4-7,13H,8-12H2,1-3H3,(H,19,20);1H. The first kappa shape index (κ1) is 20.8. The molecule has 3 rings (SSSR count). The molecule has 1 aromatic carbocycles. The molecular weight excluding hydrogens is 461 g/mol. The molecular formula is C18H26IN5OS. The average Bonchev–Trinajstić information content (AvgIpc) is 3.07. The lowest BCUT2D eigenvalue weighted by Crippen LogP contribution is -2.52. The predicted molar refractivity (Wildman–Crippen MR) is 119 cm³/mol. The number of ether oxygens (including phenoxy) is 1. The van der Waals surface area contributed by atoms with E-state index in [2.05, 4.69) is 37.2 Å². The Labute approximate surface area is 176 Å². The molecule has 2 heterocycles. The summed E-state index contributed by atoms with van der Waals surface area (Å²) in [5, 5.41) is 3.46. The van der Waals surface area contributed by atoms with Gasteiger partial charge >= 0.3 is 0 Å². The molecule has 0 radical (unpaired) electrons. The second kappa shape index (κ2) is 9.96. The Morgan fingerprint density at radius 3 is 2.62 bits per heavy atom. The van der Waals surface area contributed by atoms with Crippen LogP contribution in [0.5, 0.6) is 5.75 Å². The van der Waals surface area contributed by atoms with Gasteiger partial charge in [-0.15, -0.1) is 35.3 Å². The van der Waals surface area contributed by atoms with Crippen LogP contribution in [0.15, 0.2) is 34.8 Å². The maximum absolute atomic E-state index is 5.49. The van der Waals surface area contributed by atoms with Crippen LogP contribution in [0.3, 0.4) is 0 Å². The summed E-state index contributed by atoms with van der Waals surface area (Å²) in [6, 6.07) is 8.20. The van der Waals surface area contributed by atoms with Gasteiger partial charge in [0.2, 0.25) is 0 Å². The van der Waals surface area contributed by atoms with Gasteiger partial charge in [-0.25, -0.2) is 4.98 Å². The van der Waals surface area contributed by atoms with Crippen LogP contribution in [-0.4, -0.2) is 56.2 Å². The molecule has 1 aromatic heterocycles. The first-order chi connectivity index (χ1) is 12.2. The van der Waals surface area contributed by atoms with E-state index in [1.54, 1.807) is 18.4 Å². The van der Waals surface area contributed by atoms with Crippen molar-refractivity contribution in [2.75, 3.05) is 45.2 Å². The normalized spacial score (nSPS) is 14.8. The Morgan fingerprint density at radius 2 is 2.00 bits per heavy atom. The summed E-state index contributed by atoms with van der Waals surface area (Å²) >= 11 is 1.68. The van der Waals surface area contributed by atoms with E-state index >= 15 is 0 Å². The number of guanidine groups is 1. The van der Waals surface area contributed by atoms with Crippen molar-refractivity contribution in [2.45, 2.75) is 13.5 Å². The number of methoxy groups -OCH3 is 1. The fourth-order valence-electron chi connectivity index (χ4n) is 3.04. The highest BCUT2D eigenvalue weighted by Gasteiger charge is 2.21. The molecule has 6 nitrogen and oxygen atoms in total. The molecule has 0 spiro atoms. The average molecular weight is 487 g/mol. The number of anilines is 1. The van der Waals surface area contributed by atoms with Gasteiger partial charge in [0.15, 0.2) is 5.96 Å². The van der Waals surface area contributed by atoms with Crippen LogP contribution in [0, 0.1) is 6.92 Å². The van der Waals surface area contributed by atoms with Crippen LogP contribution in [0.1, 0.15) is 10.6 Å². The molecule has 1 saturated heterocycles. The van der Waals surface area contributed by atoms with Crippen molar-refractivity contribution < 1.29 is 4.74 Å². The quantitative estimate of drug-likeness (QED) is 0.409. The minimum atomic E-state index is 0. The summed E-state index contributed by atoms with van der Waals surface area (Å²) in [6.45, 7) is 6.57. The lowest BCUT2D eigenvalue weighted by atomic mass is 10.2. The second-order valence-corrected chi connectivity index (χ2v) is 6.85. The SMILES string of the molecule is CN=C(NCc1scnc1C)N1CCN(c2ccccc2OC)CC1.I. The number of thiazole rings is 1. The molecule has 26 heavy (non-hydrogen) atoms. The van der Waals surface area contributed by atoms with E-state index in [1.165, 1.54) is 4.88 Å². The molecule has 1 aliphatic heterocycles. The number of aryl methyl sites for hydroxylation is 1. The minimum absolute atomic E-state index is 0. The van der Waals surface area contributed by atoms with Crippen molar-refractivity contribution in [1.29, 1.82) is 0 Å². The van der Waals surface area contributed by atoms with Crippen molar-refractivity contribution in [3.8, 4) is 5.75 Å². The summed E-state index contributed by atoms with van der Waals surface area (Å²) in [5.74, 6) is 1.88. The maximum Gasteiger partial charge on any atom is 0.194 e. The molecule has 0 bridgehead atoms. The minimum Gasteiger partial charge on any atom is -0.495 e. The fraction of sp³-hybridized carbons (Fsp3) is 0.444. The van der Waals surface area contributed by atoms with Crippen LogP contribution >= 0.6 is 35.3 Å². The molecule has 1 aliphatic rings. The highest BCUT2D eigenvalue weighted by molar-refractivity contribution is 14.0. The Kier molecular flexibility index (Phi) is 7.95. The molecule has 142 valence electrons. The number of halogens is 1. The molecule has 1 fully saturated rings. The van der Waals surface area contributed by atoms with E-state index in [0.717, 1.165) is 55.8 Å². The van der Waals surface area contributed by atoms with E-state index < -0.39 is 0 Å². The highest BCUT2D eigenvalue weighted by atomic mass is 127. The number of rotatable bonds is 4. The van der Waals surface area contributed by atoms with Crippen molar-refractivity contribution in [3.63, 3.8) is 0 Å². The summed E-state index contributed by atoms with van der Waals surface area (Å²) in [4.78, 5) is 14.7. The topological polar surface area (TPSA) is 53.0 Å². The molecule has 0 aliphatic carbocycles. The highest BCUT2D eigenvalue weighted by Crippen LogP contribution is 2.28. The number of hydrogen-bond acceptors (Lipinski definition) is 5. The van der Waals surface area contributed by atoms with Crippen molar-refractivity contribution in [1.82, 2.24) is 15.2 Å². The lowest BCUT2D eigenvalue weighted by molar-refractivity contribution is 0.367. The molecule has 0 saturated carbocycles. The van der Waals surface area contributed by atoms with Gasteiger partial charge in [-0.2, -0.15) is 0 Å². The summed E-state index contributed by atoms with van der Waals surface area (Å²) in [5.41, 5.74) is 4.14. The van der Waals surface area contributed by atoms with Crippen molar-refractivity contribution >= 4 is 47.0 Å². The zero-order chi connectivity index (χ0) is 17.6. The molecule has 0 atom stereocenters. The zero-order valence-electron chi connectivity index (χ0n) is 15.4. The molecule has 8 heteroatoms. The molecule has 0 unspecified atom stereocenters. The Balaban J connectivity index is 0.00000243. The molecule has 1 N–H and O–H groups in total. The second-order valence-electron chi connectivity index (χ2n) is 5.91. The number of nitrogens with zero attached hydrogens (tertiary/aromatic N) is 4. The van der Waals surface area contributed by atoms with Gasteiger partial charge in [0.05, 0.1) is 30.5 Å². The van der Waals surface area contributed by atoms with Crippen LogP contribution in [0.25, 0.3) is 0 Å². The largest absolute Gasteiger partial charge is 0.495 e. The first-order valence-corrected chi connectivity index (χ1v) is 9.33. The lowest BCUT2D eigenvalue weighted by Gasteiger charge is -2.38. The summed E-state index contributed by atoms with van der Waals surface area (Å²) in [6.07, 6.45) is 0. The Morgan fingerprint density at radius 1 is 1.27 bits per heavy atom. The Hall–Kier alpha value is -1.55. The van der Waals surface area contributed by atoms with E-state index in [0.29, 0.717) is 0 Å². The van der Waals surface area contributed by atoms with Gasteiger partial charge in [-0.05, 0) is 19.1 Å². The summed E-state index contributed by atoms with van der Waals surface area (Å²) in [7, 11) is 3.57. The third-order valence-corrected chi connectivity index (χ3v) is 5.40. The van der Waals surface area contributed by atoms with Crippen LogP contribution in [-0.2, 0) is 6.54 Å². The number of benzene rings is 1. The van der Waals surface area contributed by atoms with Crippen molar-refractivity contribution in [2.24, 2.45) is 4.99 Å². The van der Waals surface area contributed by atoms with Gasteiger partial charge in [0.25, 0.3) is 0 Å². The smallest absolute Gasteiger partial charge is 0.194 e. The number of aromatic nitrogens is 1. The fourth-order valence-corrected chi connectivity index (χ4v) is 3.75. The summed E-state index contributed by atoms with van der Waals surface area (Å²) < 4.78 is 5.49. The van der Waals surface area contributed by atoms with Gasteiger partial charge in [0.1, 0.15) is 5.75 Å². The third kappa shape index (κ3) is 4.79. The van der Waals surface area contributed by atoms with Crippen LogP contribution in [0.4, 0.5) is 5.69 Å². The van der Waals surface area contributed by atoms with E-state index in [1.807, 2.05) is 31.6 Å². The van der Waals surface area contributed by atoms with Crippen LogP contribution in [0.2, 0.25) is 0 Å². The van der Waals surface area contributed by atoms with Crippen LogP contribution < -0.4 is 15.0 Å². The number of hydrogen-bond donors (Lipinski definition) is 1.